The molecule has 1 N–H and O–H groups in total. The van der Waals surface area contributed by atoms with Gasteiger partial charge in [-0.05, 0) is 44.0 Å². The molecule has 2 unspecified atom stereocenters. The molecule has 0 bridgehead atoms. The highest BCUT2D eigenvalue weighted by Crippen LogP contribution is 2.30. The third-order valence-corrected chi connectivity index (χ3v) is 7.24. The number of nitrogens with zero attached hydrogens (tertiary/aromatic N) is 2. The van der Waals surface area contributed by atoms with Crippen LogP contribution >= 0.6 is 22.9 Å². The van der Waals surface area contributed by atoms with Gasteiger partial charge in [-0.25, -0.2) is 9.78 Å². The van der Waals surface area contributed by atoms with Gasteiger partial charge in [0.05, 0.1) is 12.8 Å². The largest absolute Gasteiger partial charge is 0.468 e. The smallest absolute Gasteiger partial charge is 0.327 e. The van der Waals surface area contributed by atoms with E-state index < -0.39 is 6.04 Å². The molecule has 4 rings (SSSR count). The summed E-state index contributed by atoms with van der Waals surface area (Å²) in [6.07, 6.45) is 1.73. The van der Waals surface area contributed by atoms with Crippen molar-refractivity contribution in [2.24, 2.45) is 0 Å². The molecule has 1 aliphatic heterocycles. The van der Waals surface area contributed by atoms with E-state index in [1.807, 2.05) is 61.5 Å². The van der Waals surface area contributed by atoms with E-state index in [1.54, 1.807) is 0 Å². The minimum absolute atomic E-state index is 0.0670. The van der Waals surface area contributed by atoms with Gasteiger partial charge in [0.15, 0.2) is 0 Å². The molecule has 1 aliphatic rings. The number of likely N-dealkylation sites (tertiary alicyclic amines) is 1. The van der Waals surface area contributed by atoms with E-state index in [1.165, 1.54) is 18.4 Å². The number of carbonyl (C=O) groups excluding carboxylic acids is 2. The molecule has 2 aromatic carbocycles. The molecule has 0 aliphatic carbocycles. The lowest BCUT2D eigenvalue weighted by Gasteiger charge is -2.37. The molecule has 0 spiro atoms. The topological polar surface area (TPSA) is 71.5 Å². The lowest BCUT2D eigenvalue weighted by molar-refractivity contribution is -0.147. The number of halogens is 1. The Kier molecular flexibility index (Phi) is 7.42. The molecule has 6 nitrogen and oxygen atoms in total. The normalized spacial score (nSPS) is 17.4. The van der Waals surface area contributed by atoms with Crippen molar-refractivity contribution in [3.05, 3.63) is 75.8 Å². The van der Waals surface area contributed by atoms with Crippen LogP contribution in [0.1, 0.15) is 39.8 Å². The Morgan fingerprint density at radius 1 is 1.18 bits per heavy atom. The summed E-state index contributed by atoms with van der Waals surface area (Å²) in [5.41, 5.74) is 2.52. The number of amides is 1. The second-order valence-corrected chi connectivity index (χ2v) is 9.52. The number of benzene rings is 2. The highest BCUT2D eigenvalue weighted by Gasteiger charge is 2.33. The minimum atomic E-state index is -0.488. The van der Waals surface area contributed by atoms with Gasteiger partial charge in [0, 0.05) is 23.2 Å². The first-order valence-electron chi connectivity index (χ1n) is 10.9. The second kappa shape index (κ2) is 10.5. The summed E-state index contributed by atoms with van der Waals surface area (Å²) < 4.78 is 5.09. The van der Waals surface area contributed by atoms with E-state index in [2.05, 4.69) is 15.2 Å². The molecule has 0 radical (unpaired) electrons. The van der Waals surface area contributed by atoms with Crippen molar-refractivity contribution >= 4 is 34.8 Å². The number of hydrogen-bond acceptors (Lipinski definition) is 6. The molecule has 172 valence electrons. The van der Waals surface area contributed by atoms with Crippen molar-refractivity contribution in [1.29, 1.82) is 0 Å². The fourth-order valence-electron chi connectivity index (χ4n) is 4.18. The summed E-state index contributed by atoms with van der Waals surface area (Å²) in [6.45, 7) is 3.18. The van der Waals surface area contributed by atoms with Crippen LogP contribution in [0.25, 0.3) is 10.6 Å². The van der Waals surface area contributed by atoms with Crippen LogP contribution in [-0.2, 0) is 9.53 Å². The van der Waals surface area contributed by atoms with Crippen molar-refractivity contribution < 1.29 is 14.3 Å². The number of hydrogen-bond donors (Lipinski definition) is 1. The van der Waals surface area contributed by atoms with Crippen molar-refractivity contribution in [2.45, 2.75) is 31.8 Å². The number of thiazole rings is 1. The van der Waals surface area contributed by atoms with Crippen LogP contribution in [0.5, 0.6) is 0 Å². The fourth-order valence-corrected chi connectivity index (χ4v) is 5.28. The fraction of sp³-hybridized carbons (Fsp3) is 0.320. The zero-order chi connectivity index (χ0) is 23.4. The number of piperidine rings is 1. The van der Waals surface area contributed by atoms with Crippen LogP contribution in [0.2, 0.25) is 5.02 Å². The molecular formula is C25H26ClN3O3S. The van der Waals surface area contributed by atoms with Gasteiger partial charge < -0.3 is 10.1 Å². The average Bonchev–Trinajstić information content (AvgIpc) is 3.22. The van der Waals surface area contributed by atoms with E-state index in [0.717, 1.165) is 35.5 Å². The summed E-state index contributed by atoms with van der Waals surface area (Å²) in [6, 6.07) is 16.5. The molecule has 2 atom stereocenters. The maximum Gasteiger partial charge on any atom is 0.327 e. The van der Waals surface area contributed by atoms with Crippen molar-refractivity contribution in [3.8, 4) is 10.6 Å². The first kappa shape index (κ1) is 23.4. The van der Waals surface area contributed by atoms with Gasteiger partial charge in [-0.15, -0.1) is 11.3 Å². The molecular weight excluding hydrogens is 458 g/mol. The van der Waals surface area contributed by atoms with Gasteiger partial charge in [0.1, 0.15) is 15.9 Å². The number of rotatable bonds is 6. The average molecular weight is 484 g/mol. The third-order valence-electron chi connectivity index (χ3n) is 5.79. The molecule has 33 heavy (non-hydrogen) atoms. The molecule has 1 saturated heterocycles. The van der Waals surface area contributed by atoms with Gasteiger partial charge in [-0.3, -0.25) is 9.69 Å². The van der Waals surface area contributed by atoms with Gasteiger partial charge in [-0.2, -0.15) is 0 Å². The van der Waals surface area contributed by atoms with Crippen LogP contribution in [0.4, 0.5) is 0 Å². The zero-order valence-corrected chi connectivity index (χ0v) is 20.2. The minimum Gasteiger partial charge on any atom is -0.468 e. The van der Waals surface area contributed by atoms with Gasteiger partial charge >= 0.3 is 5.97 Å². The Morgan fingerprint density at radius 2 is 1.91 bits per heavy atom. The van der Waals surface area contributed by atoms with Gasteiger partial charge in [-0.1, -0.05) is 54.1 Å². The number of esters is 1. The monoisotopic (exact) mass is 483 g/mol. The number of aromatic nitrogens is 1. The van der Waals surface area contributed by atoms with Crippen LogP contribution in [0.15, 0.2) is 54.6 Å². The summed E-state index contributed by atoms with van der Waals surface area (Å²) in [7, 11) is 1.41. The van der Waals surface area contributed by atoms with Crippen molar-refractivity contribution in [3.63, 3.8) is 0 Å². The highest BCUT2D eigenvalue weighted by molar-refractivity contribution is 7.17. The molecule has 1 fully saturated rings. The first-order valence-corrected chi connectivity index (χ1v) is 12.1. The van der Waals surface area contributed by atoms with Gasteiger partial charge in [0.25, 0.3) is 5.91 Å². The second-order valence-electron chi connectivity index (χ2n) is 8.08. The molecule has 3 aromatic rings. The van der Waals surface area contributed by atoms with Gasteiger partial charge in [0.2, 0.25) is 0 Å². The Balaban J connectivity index is 1.47. The summed E-state index contributed by atoms with van der Waals surface area (Å²) in [5, 5.41) is 4.61. The first-order chi connectivity index (χ1) is 16.0. The standard InChI is InChI=1S/C25H26ClN3O3S/c1-16-22(33-24(27-16)18-10-12-19(26)13-11-18)23(30)28-20-9-6-14-29(15-20)21(25(31)32-2)17-7-4-3-5-8-17/h3-5,7-8,10-13,20-21H,6,9,14-15H2,1-2H3,(H,28,30). The number of aryl methyl sites for hydroxylation is 1. The van der Waals surface area contributed by atoms with E-state index in [-0.39, 0.29) is 17.9 Å². The number of nitrogens with one attached hydrogen (secondary N) is 1. The summed E-state index contributed by atoms with van der Waals surface area (Å²) >= 11 is 7.36. The molecule has 0 saturated carbocycles. The van der Waals surface area contributed by atoms with E-state index in [9.17, 15) is 9.59 Å². The predicted molar refractivity (Wildman–Crippen MR) is 131 cm³/mol. The maximum atomic E-state index is 13.1. The molecule has 2 heterocycles. The number of methoxy groups -OCH3 is 1. The molecule has 1 amide bonds. The summed E-state index contributed by atoms with van der Waals surface area (Å²) in [5.74, 6) is -0.425. The lowest BCUT2D eigenvalue weighted by Crippen LogP contribution is -2.50. The van der Waals surface area contributed by atoms with E-state index in [4.69, 9.17) is 16.3 Å². The third kappa shape index (κ3) is 5.43. The zero-order valence-electron chi connectivity index (χ0n) is 18.6. The van der Waals surface area contributed by atoms with E-state index >= 15 is 0 Å². The highest BCUT2D eigenvalue weighted by atomic mass is 35.5. The SMILES string of the molecule is COC(=O)C(c1ccccc1)N1CCCC(NC(=O)c2sc(-c3ccc(Cl)cc3)nc2C)C1. The van der Waals surface area contributed by atoms with Crippen LogP contribution in [-0.4, -0.2) is 48.0 Å². The van der Waals surface area contributed by atoms with Crippen molar-refractivity contribution in [2.75, 3.05) is 20.2 Å². The van der Waals surface area contributed by atoms with Crippen LogP contribution in [0.3, 0.4) is 0 Å². The Labute approximate surface area is 202 Å². The maximum absolute atomic E-state index is 13.1. The molecule has 8 heteroatoms. The quantitative estimate of drug-likeness (QED) is 0.506. The predicted octanol–water partition coefficient (Wildman–Crippen LogP) is 4.88. The Bertz CT molecular complexity index is 1120. The molecule has 1 aromatic heterocycles. The van der Waals surface area contributed by atoms with E-state index in [0.29, 0.717) is 22.1 Å². The van der Waals surface area contributed by atoms with Crippen LogP contribution < -0.4 is 5.32 Å². The number of ether oxygens (including phenoxy) is 1. The number of carbonyl (C=O) groups is 2. The lowest BCUT2D eigenvalue weighted by atomic mass is 9.99. The summed E-state index contributed by atoms with van der Waals surface area (Å²) in [4.78, 5) is 33.0. The Morgan fingerprint density at radius 3 is 2.61 bits per heavy atom. The Hall–Kier alpha value is -2.74. The van der Waals surface area contributed by atoms with Crippen LogP contribution in [0, 0.1) is 6.92 Å². The van der Waals surface area contributed by atoms with Crippen molar-refractivity contribution in [1.82, 2.24) is 15.2 Å².